The Balaban J connectivity index is 0.000000350. The summed E-state index contributed by atoms with van der Waals surface area (Å²) < 4.78 is 5.96. The molecule has 180 valence electrons. The number of hydrogen-bond donors (Lipinski definition) is 4. The average molecular weight is 502 g/mol. The highest BCUT2D eigenvalue weighted by Gasteiger charge is 2.18. The molecule has 0 saturated heterocycles. The predicted octanol–water partition coefficient (Wildman–Crippen LogP) is 4.15. The maximum atomic E-state index is 9.55. The minimum Gasteiger partial charge on any atom is -0.491 e. The maximum absolute atomic E-state index is 9.55. The number of aliphatic carboxylic acids is 2. The minimum absolute atomic E-state index is 0.385. The van der Waals surface area contributed by atoms with Crippen molar-refractivity contribution in [1.29, 1.82) is 0 Å². The van der Waals surface area contributed by atoms with Crippen molar-refractivity contribution in [2.75, 3.05) is 24.7 Å². The van der Waals surface area contributed by atoms with Crippen molar-refractivity contribution in [2.45, 2.75) is 22.8 Å². The summed E-state index contributed by atoms with van der Waals surface area (Å²) in [5.41, 5.74) is 1.14. The van der Waals surface area contributed by atoms with Crippen molar-refractivity contribution < 1.29 is 24.5 Å². The quantitative estimate of drug-likeness (QED) is 0.266. The van der Waals surface area contributed by atoms with Gasteiger partial charge in [-0.25, -0.2) is 9.59 Å². The number of aromatic amines is 1. The molecule has 10 heteroatoms. The van der Waals surface area contributed by atoms with E-state index in [1.807, 2.05) is 35.8 Å². The number of nitrogens with zero attached hydrogens (tertiary/aromatic N) is 1. The summed E-state index contributed by atoms with van der Waals surface area (Å²) in [6.07, 6.45) is 3.00. The molecule has 1 aliphatic heterocycles. The number of nitrogens with one attached hydrogen (secondary N) is 2. The first-order chi connectivity index (χ1) is 16.4. The van der Waals surface area contributed by atoms with Gasteiger partial charge in [-0.15, -0.1) is 23.5 Å². The molecule has 0 radical (unpaired) electrons. The highest BCUT2D eigenvalue weighted by Crippen LogP contribution is 2.32. The van der Waals surface area contributed by atoms with Gasteiger partial charge in [0.1, 0.15) is 12.4 Å². The zero-order valence-electron chi connectivity index (χ0n) is 18.6. The highest BCUT2D eigenvalue weighted by molar-refractivity contribution is 7.99. The summed E-state index contributed by atoms with van der Waals surface area (Å²) in [6.45, 7) is 4.03. The molecule has 0 unspecified atom stereocenters. The Labute approximate surface area is 206 Å². The zero-order valence-corrected chi connectivity index (χ0v) is 20.3. The van der Waals surface area contributed by atoms with Crippen LogP contribution in [0.1, 0.15) is 6.92 Å². The fourth-order valence-corrected chi connectivity index (χ4v) is 5.20. The molecular weight excluding hydrogens is 474 g/mol. The molecule has 34 heavy (non-hydrogen) atoms. The van der Waals surface area contributed by atoms with Crippen LogP contribution in [-0.2, 0) is 9.59 Å². The number of benzene rings is 2. The number of carbonyl (C=O) groups is 2. The first-order valence-corrected chi connectivity index (χ1v) is 12.7. The Bertz CT molecular complexity index is 1090. The molecule has 4 rings (SSSR count). The van der Waals surface area contributed by atoms with Crippen molar-refractivity contribution in [3.8, 4) is 5.75 Å². The number of aromatic nitrogens is 2. The fourth-order valence-electron chi connectivity index (χ4n) is 3.10. The third kappa shape index (κ3) is 8.12. The van der Waals surface area contributed by atoms with E-state index in [1.54, 1.807) is 0 Å². The number of rotatable bonds is 8. The van der Waals surface area contributed by atoms with Gasteiger partial charge >= 0.3 is 11.9 Å². The van der Waals surface area contributed by atoms with Crippen molar-refractivity contribution in [1.82, 2.24) is 15.5 Å². The van der Waals surface area contributed by atoms with Crippen molar-refractivity contribution in [3.63, 3.8) is 0 Å². The van der Waals surface area contributed by atoms with Crippen LogP contribution in [0.2, 0.25) is 0 Å². The lowest BCUT2D eigenvalue weighted by Gasteiger charge is -2.19. The van der Waals surface area contributed by atoms with Crippen molar-refractivity contribution >= 4 is 46.4 Å². The molecule has 0 amide bonds. The summed E-state index contributed by atoms with van der Waals surface area (Å²) in [6, 6.07) is 15.0. The van der Waals surface area contributed by atoms with Crippen LogP contribution in [-0.4, -0.2) is 63.0 Å². The van der Waals surface area contributed by atoms with Gasteiger partial charge in [0.25, 0.3) is 0 Å². The monoisotopic (exact) mass is 501 g/mol. The van der Waals surface area contributed by atoms with Crippen LogP contribution in [0.25, 0.3) is 10.9 Å². The summed E-state index contributed by atoms with van der Waals surface area (Å²) >= 11 is 3.77. The number of thioether (sulfide) groups is 2. The molecule has 0 saturated carbocycles. The third-order valence-corrected chi connectivity index (χ3v) is 7.42. The first-order valence-electron chi connectivity index (χ1n) is 10.7. The Morgan fingerprint density at radius 3 is 2.76 bits per heavy atom. The molecule has 2 aromatic carbocycles. The van der Waals surface area contributed by atoms with E-state index < -0.39 is 11.9 Å². The van der Waals surface area contributed by atoms with Gasteiger partial charge in [-0.3, -0.25) is 5.10 Å². The Morgan fingerprint density at radius 2 is 2.00 bits per heavy atom. The van der Waals surface area contributed by atoms with Crippen LogP contribution < -0.4 is 10.1 Å². The van der Waals surface area contributed by atoms with E-state index in [2.05, 4.69) is 58.8 Å². The molecule has 2 atom stereocenters. The topological polar surface area (TPSA) is 125 Å². The molecule has 8 nitrogen and oxygen atoms in total. The second-order valence-corrected chi connectivity index (χ2v) is 9.81. The Morgan fingerprint density at radius 1 is 1.24 bits per heavy atom. The minimum atomic E-state index is -1.26. The number of para-hydroxylation sites is 2. The van der Waals surface area contributed by atoms with Gasteiger partial charge in [0.2, 0.25) is 0 Å². The number of H-pyrrole nitrogens is 1. The van der Waals surface area contributed by atoms with Crippen molar-refractivity contribution in [2.24, 2.45) is 5.92 Å². The maximum Gasteiger partial charge on any atom is 0.328 e. The zero-order chi connectivity index (χ0) is 24.3. The van der Waals surface area contributed by atoms with Crippen LogP contribution in [0, 0.1) is 5.92 Å². The molecule has 1 aromatic heterocycles. The van der Waals surface area contributed by atoms with Gasteiger partial charge in [0, 0.05) is 38.8 Å². The second-order valence-electron chi connectivity index (χ2n) is 7.69. The molecule has 0 fully saturated rings. The van der Waals surface area contributed by atoms with Gasteiger partial charge in [-0.05, 0) is 30.7 Å². The standard InChI is InChI=1S/C20H23N3OS2.C4H4O4/c1-14(12-25-19-8-4-5-15-10-22-23-20(15)19)9-21-16-11-24-17-6-2-3-7-18(17)26-13-16;5-3(6)1-2-4(7)8/h2-8,10,14,16,21H,9,11-13H2,1H3,(H,22,23);1-2H,(H,5,6)(H,7,8)/b;2-1-/t14-,16+;/m0./s1. The molecule has 1 aliphatic rings. The molecular formula is C24H27N3O5S2. The van der Waals surface area contributed by atoms with E-state index in [9.17, 15) is 9.59 Å². The third-order valence-electron chi connectivity index (χ3n) is 4.81. The van der Waals surface area contributed by atoms with E-state index in [-0.39, 0.29) is 0 Å². The fraction of sp³-hybridized carbons (Fsp3) is 0.292. The van der Waals surface area contributed by atoms with Crippen LogP contribution in [0.4, 0.5) is 0 Å². The lowest BCUT2D eigenvalue weighted by Crippen LogP contribution is -2.39. The predicted molar refractivity (Wildman–Crippen MR) is 135 cm³/mol. The number of fused-ring (bicyclic) bond motifs is 2. The largest absolute Gasteiger partial charge is 0.491 e. The lowest BCUT2D eigenvalue weighted by atomic mass is 10.2. The van der Waals surface area contributed by atoms with Crippen LogP contribution >= 0.6 is 23.5 Å². The smallest absolute Gasteiger partial charge is 0.328 e. The number of carboxylic acid groups (broad SMARTS) is 2. The van der Waals surface area contributed by atoms with Crippen LogP contribution in [0.5, 0.6) is 5.75 Å². The molecule has 2 heterocycles. The van der Waals surface area contributed by atoms with Gasteiger partial charge in [0.15, 0.2) is 0 Å². The second kappa shape index (κ2) is 13.1. The Kier molecular flexibility index (Phi) is 9.87. The summed E-state index contributed by atoms with van der Waals surface area (Å²) in [4.78, 5) is 21.6. The average Bonchev–Trinajstić information content (AvgIpc) is 3.22. The number of hydrogen-bond acceptors (Lipinski definition) is 7. The Hall–Kier alpha value is -2.95. The van der Waals surface area contributed by atoms with E-state index >= 15 is 0 Å². The number of carboxylic acids is 2. The highest BCUT2D eigenvalue weighted by atomic mass is 32.2. The lowest BCUT2D eigenvalue weighted by molar-refractivity contribution is -0.134. The van der Waals surface area contributed by atoms with Gasteiger partial charge in [-0.2, -0.15) is 5.10 Å². The van der Waals surface area contributed by atoms with Gasteiger partial charge in [-0.1, -0.05) is 31.2 Å². The van der Waals surface area contributed by atoms with E-state index in [0.717, 1.165) is 35.9 Å². The molecule has 4 N–H and O–H groups in total. The summed E-state index contributed by atoms with van der Waals surface area (Å²) in [5, 5.41) is 27.7. The molecule has 0 spiro atoms. The molecule has 0 aliphatic carbocycles. The first kappa shape index (κ1) is 25.7. The van der Waals surface area contributed by atoms with Crippen LogP contribution in [0.3, 0.4) is 0 Å². The normalized spacial score (nSPS) is 16.1. The van der Waals surface area contributed by atoms with E-state index in [1.165, 1.54) is 15.2 Å². The van der Waals surface area contributed by atoms with E-state index in [0.29, 0.717) is 24.1 Å². The summed E-state index contributed by atoms with van der Waals surface area (Å²) in [5.74, 6) is 1.20. The van der Waals surface area contributed by atoms with E-state index in [4.69, 9.17) is 14.9 Å². The summed E-state index contributed by atoms with van der Waals surface area (Å²) in [7, 11) is 0. The van der Waals surface area contributed by atoms with Gasteiger partial charge in [0.05, 0.1) is 17.8 Å². The van der Waals surface area contributed by atoms with Crippen LogP contribution in [0.15, 0.2) is 70.6 Å². The van der Waals surface area contributed by atoms with Gasteiger partial charge < -0.3 is 20.3 Å². The van der Waals surface area contributed by atoms with Crippen molar-refractivity contribution in [3.05, 3.63) is 60.8 Å². The number of ether oxygens (including phenoxy) is 1. The molecule has 0 bridgehead atoms. The molecule has 3 aromatic rings. The SMILES string of the molecule is C[C@@H](CN[C@@H]1COc2ccccc2SC1)CSc1cccc2cn[nH]c12.O=C(O)/C=C\C(=O)O.